The standard InChI is InChI=1S/C17H15NO3S/c1-13-6-8-17(9-7-13)22(19,20)21-12-16-10-14-4-2-3-5-15(14)11-18-16/h2-11H,12H2,1H3. The Morgan fingerprint density at radius 1 is 1.00 bits per heavy atom. The van der Waals surface area contributed by atoms with Gasteiger partial charge < -0.3 is 0 Å². The molecule has 0 bridgehead atoms. The molecule has 2 aromatic carbocycles. The van der Waals surface area contributed by atoms with Gasteiger partial charge in [0.25, 0.3) is 10.1 Å². The van der Waals surface area contributed by atoms with Crippen molar-refractivity contribution in [3.8, 4) is 0 Å². The lowest BCUT2D eigenvalue weighted by molar-refractivity contribution is 0.304. The summed E-state index contributed by atoms with van der Waals surface area (Å²) in [6.07, 6.45) is 1.71. The normalized spacial score (nSPS) is 11.7. The molecule has 4 nitrogen and oxygen atoms in total. The second-order valence-electron chi connectivity index (χ2n) is 5.05. The predicted octanol–water partition coefficient (Wildman–Crippen LogP) is 3.45. The maximum Gasteiger partial charge on any atom is 0.297 e. The highest BCUT2D eigenvalue weighted by Gasteiger charge is 2.15. The van der Waals surface area contributed by atoms with E-state index in [1.165, 1.54) is 0 Å². The fourth-order valence-electron chi connectivity index (χ4n) is 2.12. The van der Waals surface area contributed by atoms with Gasteiger partial charge in [-0.1, -0.05) is 42.0 Å². The van der Waals surface area contributed by atoms with Crippen molar-refractivity contribution in [1.82, 2.24) is 4.98 Å². The Bertz CT molecular complexity index is 903. The Balaban J connectivity index is 1.79. The molecule has 0 aliphatic carbocycles. The van der Waals surface area contributed by atoms with Crippen LogP contribution < -0.4 is 0 Å². The average molecular weight is 313 g/mol. The van der Waals surface area contributed by atoms with Crippen LogP contribution in [-0.2, 0) is 20.9 Å². The highest BCUT2D eigenvalue weighted by Crippen LogP contribution is 2.17. The van der Waals surface area contributed by atoms with Crippen LogP contribution in [0.25, 0.3) is 10.8 Å². The van der Waals surface area contributed by atoms with Crippen LogP contribution in [0.1, 0.15) is 11.3 Å². The van der Waals surface area contributed by atoms with Gasteiger partial charge in [-0.05, 0) is 30.5 Å². The Morgan fingerprint density at radius 3 is 2.41 bits per heavy atom. The molecule has 0 saturated carbocycles. The molecular weight excluding hydrogens is 298 g/mol. The van der Waals surface area contributed by atoms with Crippen LogP contribution in [-0.4, -0.2) is 13.4 Å². The van der Waals surface area contributed by atoms with Crippen molar-refractivity contribution in [2.75, 3.05) is 0 Å². The zero-order valence-electron chi connectivity index (χ0n) is 12.1. The van der Waals surface area contributed by atoms with E-state index in [2.05, 4.69) is 4.98 Å². The topological polar surface area (TPSA) is 56.3 Å². The Hall–Kier alpha value is -2.24. The predicted molar refractivity (Wildman–Crippen MR) is 84.9 cm³/mol. The van der Waals surface area contributed by atoms with Gasteiger partial charge in [0, 0.05) is 11.6 Å². The highest BCUT2D eigenvalue weighted by molar-refractivity contribution is 7.86. The van der Waals surface area contributed by atoms with Crippen molar-refractivity contribution in [2.24, 2.45) is 0 Å². The molecule has 22 heavy (non-hydrogen) atoms. The Morgan fingerprint density at radius 2 is 1.68 bits per heavy atom. The third-order valence-electron chi connectivity index (χ3n) is 3.36. The minimum atomic E-state index is -3.77. The minimum absolute atomic E-state index is 0.0823. The molecule has 0 atom stereocenters. The van der Waals surface area contributed by atoms with E-state index >= 15 is 0 Å². The lowest BCUT2D eigenvalue weighted by Crippen LogP contribution is -2.07. The molecule has 0 radical (unpaired) electrons. The van der Waals surface area contributed by atoms with E-state index in [4.69, 9.17) is 4.18 Å². The van der Waals surface area contributed by atoms with Crippen LogP contribution in [0.2, 0.25) is 0 Å². The number of fused-ring (bicyclic) bond motifs is 1. The van der Waals surface area contributed by atoms with E-state index in [1.807, 2.05) is 37.3 Å². The van der Waals surface area contributed by atoms with Gasteiger partial charge in [0.15, 0.2) is 0 Å². The number of nitrogens with zero attached hydrogens (tertiary/aromatic N) is 1. The first-order valence-corrected chi connectivity index (χ1v) is 8.25. The van der Waals surface area contributed by atoms with Gasteiger partial charge in [-0.3, -0.25) is 9.17 Å². The summed E-state index contributed by atoms with van der Waals surface area (Å²) in [5.41, 5.74) is 1.57. The first-order valence-electron chi connectivity index (χ1n) is 6.84. The van der Waals surface area contributed by atoms with Crippen molar-refractivity contribution in [1.29, 1.82) is 0 Å². The summed E-state index contributed by atoms with van der Waals surface area (Å²) in [7, 11) is -3.77. The molecule has 3 aromatic rings. The fourth-order valence-corrected chi connectivity index (χ4v) is 3.00. The number of hydrogen-bond acceptors (Lipinski definition) is 4. The Labute approximate surface area is 129 Å². The van der Waals surface area contributed by atoms with E-state index in [1.54, 1.807) is 30.5 Å². The van der Waals surface area contributed by atoms with Crippen LogP contribution in [0, 0.1) is 6.92 Å². The second kappa shape index (κ2) is 5.87. The maximum atomic E-state index is 12.1. The average Bonchev–Trinajstić information content (AvgIpc) is 2.53. The van der Waals surface area contributed by atoms with Crippen LogP contribution >= 0.6 is 0 Å². The lowest BCUT2D eigenvalue weighted by Gasteiger charge is -2.06. The number of aromatic nitrogens is 1. The second-order valence-corrected chi connectivity index (χ2v) is 6.67. The molecule has 0 aliphatic heterocycles. The summed E-state index contributed by atoms with van der Waals surface area (Å²) in [5, 5.41) is 2.01. The van der Waals surface area contributed by atoms with Gasteiger partial charge in [0.1, 0.15) is 6.61 Å². The van der Waals surface area contributed by atoms with Gasteiger partial charge in [-0.15, -0.1) is 0 Å². The summed E-state index contributed by atoms with van der Waals surface area (Å²) in [6, 6.07) is 16.2. The monoisotopic (exact) mass is 313 g/mol. The Kier molecular flexibility index (Phi) is 3.92. The van der Waals surface area contributed by atoms with Gasteiger partial charge in [-0.2, -0.15) is 8.42 Å². The van der Waals surface area contributed by atoms with E-state index in [9.17, 15) is 8.42 Å². The maximum absolute atomic E-state index is 12.1. The molecular formula is C17H15NO3S. The number of aryl methyl sites for hydroxylation is 1. The summed E-state index contributed by atoms with van der Waals surface area (Å²) >= 11 is 0. The molecule has 112 valence electrons. The van der Waals surface area contributed by atoms with Crippen molar-refractivity contribution >= 4 is 20.9 Å². The lowest BCUT2D eigenvalue weighted by atomic mass is 10.1. The van der Waals surface area contributed by atoms with E-state index in [0.29, 0.717) is 5.69 Å². The molecule has 1 aromatic heterocycles. The highest BCUT2D eigenvalue weighted by atomic mass is 32.2. The van der Waals surface area contributed by atoms with Crippen LogP contribution in [0.5, 0.6) is 0 Å². The quantitative estimate of drug-likeness (QED) is 0.692. The zero-order chi connectivity index (χ0) is 15.6. The molecule has 0 aliphatic rings. The summed E-state index contributed by atoms with van der Waals surface area (Å²) < 4.78 is 29.4. The van der Waals surface area contributed by atoms with Crippen LogP contribution in [0.3, 0.4) is 0 Å². The van der Waals surface area contributed by atoms with Gasteiger partial charge >= 0.3 is 0 Å². The molecule has 0 amide bonds. The van der Waals surface area contributed by atoms with Crippen molar-refractivity contribution < 1.29 is 12.6 Å². The third kappa shape index (κ3) is 3.16. The first-order chi connectivity index (χ1) is 10.5. The number of benzene rings is 2. The van der Waals surface area contributed by atoms with Gasteiger partial charge in [0.2, 0.25) is 0 Å². The van der Waals surface area contributed by atoms with Crippen molar-refractivity contribution in [3.63, 3.8) is 0 Å². The van der Waals surface area contributed by atoms with Crippen molar-refractivity contribution in [2.45, 2.75) is 18.4 Å². The van der Waals surface area contributed by atoms with Gasteiger partial charge in [-0.25, -0.2) is 0 Å². The first kappa shape index (κ1) is 14.7. The number of pyridine rings is 1. The summed E-state index contributed by atoms with van der Waals surface area (Å²) in [5.74, 6) is 0. The van der Waals surface area contributed by atoms with Gasteiger partial charge in [0.05, 0.1) is 10.6 Å². The largest absolute Gasteiger partial charge is 0.297 e. The minimum Gasteiger partial charge on any atom is -0.260 e. The summed E-state index contributed by atoms with van der Waals surface area (Å²) in [6.45, 7) is 1.82. The van der Waals surface area contributed by atoms with E-state index in [0.717, 1.165) is 16.3 Å². The molecule has 0 saturated heterocycles. The molecule has 3 rings (SSSR count). The fraction of sp³-hybridized carbons (Fsp3) is 0.118. The molecule has 0 spiro atoms. The number of hydrogen-bond donors (Lipinski definition) is 0. The van der Waals surface area contributed by atoms with Crippen molar-refractivity contribution in [3.05, 3.63) is 72.1 Å². The van der Waals surface area contributed by atoms with Crippen LogP contribution in [0.15, 0.2) is 65.7 Å². The molecule has 0 unspecified atom stereocenters. The van der Waals surface area contributed by atoms with E-state index in [-0.39, 0.29) is 11.5 Å². The van der Waals surface area contributed by atoms with Crippen LogP contribution in [0.4, 0.5) is 0 Å². The molecule has 1 heterocycles. The molecule has 5 heteroatoms. The SMILES string of the molecule is Cc1ccc(S(=O)(=O)OCc2cc3ccccc3cn2)cc1. The molecule has 0 fully saturated rings. The van der Waals surface area contributed by atoms with E-state index < -0.39 is 10.1 Å². The zero-order valence-corrected chi connectivity index (χ0v) is 12.9. The third-order valence-corrected chi connectivity index (χ3v) is 4.64. The number of rotatable bonds is 4. The summed E-state index contributed by atoms with van der Waals surface area (Å²) in [4.78, 5) is 4.38. The molecule has 0 N–H and O–H groups in total. The smallest absolute Gasteiger partial charge is 0.260 e.